The number of nitrogens with one attached hydrogen (secondary N) is 2. The third kappa shape index (κ3) is 4.45. The molecule has 0 fully saturated rings. The van der Waals surface area contributed by atoms with E-state index in [-0.39, 0.29) is 11.9 Å². The summed E-state index contributed by atoms with van der Waals surface area (Å²) in [5.74, 6) is 0.712. The average molecular weight is 362 g/mol. The SMILES string of the molecule is CCN[C@H](C)CNC(=O)c1ccc(OC)cc1I. The van der Waals surface area contributed by atoms with Crippen LogP contribution in [0.4, 0.5) is 0 Å². The third-order valence-corrected chi connectivity index (χ3v) is 3.43. The van der Waals surface area contributed by atoms with Crippen LogP contribution in [0.25, 0.3) is 0 Å². The molecule has 0 aliphatic rings. The standard InChI is InChI=1S/C13H19IN2O2/c1-4-15-9(2)8-16-13(17)11-6-5-10(18-3)7-12(11)14/h5-7,9,15H,4,8H2,1-3H3,(H,16,17)/t9-/m1/s1. The van der Waals surface area contributed by atoms with Gasteiger partial charge >= 0.3 is 0 Å². The third-order valence-electron chi connectivity index (χ3n) is 2.54. The molecule has 0 aromatic heterocycles. The first-order valence-corrected chi connectivity index (χ1v) is 7.01. The zero-order valence-electron chi connectivity index (χ0n) is 10.9. The number of hydrogen-bond donors (Lipinski definition) is 2. The molecule has 4 nitrogen and oxygen atoms in total. The highest BCUT2D eigenvalue weighted by atomic mass is 127. The van der Waals surface area contributed by atoms with Crippen molar-refractivity contribution in [3.63, 3.8) is 0 Å². The van der Waals surface area contributed by atoms with Gasteiger partial charge in [0.15, 0.2) is 0 Å². The summed E-state index contributed by atoms with van der Waals surface area (Å²) >= 11 is 2.14. The number of carbonyl (C=O) groups is 1. The van der Waals surface area contributed by atoms with E-state index in [1.165, 1.54) is 0 Å². The van der Waals surface area contributed by atoms with Crippen molar-refractivity contribution >= 4 is 28.5 Å². The fraction of sp³-hybridized carbons (Fsp3) is 0.462. The van der Waals surface area contributed by atoms with Crippen molar-refractivity contribution in [2.24, 2.45) is 0 Å². The van der Waals surface area contributed by atoms with Crippen molar-refractivity contribution in [3.8, 4) is 5.75 Å². The number of ether oxygens (including phenoxy) is 1. The Morgan fingerprint density at radius 1 is 1.50 bits per heavy atom. The molecule has 100 valence electrons. The summed E-state index contributed by atoms with van der Waals surface area (Å²) in [5, 5.41) is 6.16. The molecular formula is C13H19IN2O2. The van der Waals surface area contributed by atoms with E-state index in [4.69, 9.17) is 4.74 Å². The highest BCUT2D eigenvalue weighted by Gasteiger charge is 2.11. The molecule has 1 atom stereocenters. The minimum atomic E-state index is -0.0493. The molecule has 1 aromatic rings. The number of hydrogen-bond acceptors (Lipinski definition) is 3. The molecule has 0 spiro atoms. The molecule has 0 bridgehead atoms. The lowest BCUT2D eigenvalue weighted by Crippen LogP contribution is -2.39. The Balaban J connectivity index is 2.61. The van der Waals surface area contributed by atoms with Gasteiger partial charge in [-0.05, 0) is 54.3 Å². The van der Waals surface area contributed by atoms with Gasteiger partial charge in [-0.2, -0.15) is 0 Å². The minimum absolute atomic E-state index is 0.0493. The maximum absolute atomic E-state index is 12.0. The van der Waals surface area contributed by atoms with Gasteiger partial charge in [0.05, 0.1) is 12.7 Å². The van der Waals surface area contributed by atoms with Crippen molar-refractivity contribution in [1.82, 2.24) is 10.6 Å². The zero-order chi connectivity index (χ0) is 13.5. The van der Waals surface area contributed by atoms with Crippen LogP contribution in [-0.2, 0) is 0 Å². The molecule has 0 saturated heterocycles. The number of benzene rings is 1. The van der Waals surface area contributed by atoms with Crippen molar-refractivity contribution < 1.29 is 9.53 Å². The molecule has 0 unspecified atom stereocenters. The van der Waals surface area contributed by atoms with Gasteiger partial charge in [-0.1, -0.05) is 6.92 Å². The van der Waals surface area contributed by atoms with E-state index in [1.54, 1.807) is 19.2 Å². The van der Waals surface area contributed by atoms with E-state index in [9.17, 15) is 4.79 Å². The highest BCUT2D eigenvalue weighted by molar-refractivity contribution is 14.1. The molecule has 0 aliphatic heterocycles. The summed E-state index contributed by atoms with van der Waals surface area (Å²) in [6, 6.07) is 5.71. The van der Waals surface area contributed by atoms with E-state index in [2.05, 4.69) is 33.2 Å². The lowest BCUT2D eigenvalue weighted by molar-refractivity contribution is 0.0949. The van der Waals surface area contributed by atoms with Gasteiger partial charge in [-0.3, -0.25) is 4.79 Å². The quantitative estimate of drug-likeness (QED) is 0.762. The lowest BCUT2D eigenvalue weighted by atomic mass is 10.2. The van der Waals surface area contributed by atoms with Crippen LogP contribution in [0.1, 0.15) is 24.2 Å². The van der Waals surface area contributed by atoms with Gasteiger partial charge in [0.25, 0.3) is 5.91 Å². The summed E-state index contributed by atoms with van der Waals surface area (Å²) in [6.45, 7) is 5.61. The fourth-order valence-corrected chi connectivity index (χ4v) is 2.30. The van der Waals surface area contributed by atoms with Crippen LogP contribution in [-0.4, -0.2) is 32.1 Å². The van der Waals surface area contributed by atoms with E-state index in [1.807, 2.05) is 19.9 Å². The van der Waals surface area contributed by atoms with Crippen molar-refractivity contribution in [2.75, 3.05) is 20.2 Å². The largest absolute Gasteiger partial charge is 0.497 e. The first-order chi connectivity index (χ1) is 8.58. The Labute approximate surface area is 122 Å². The van der Waals surface area contributed by atoms with Crippen LogP contribution in [0.15, 0.2) is 18.2 Å². The van der Waals surface area contributed by atoms with Gasteiger partial charge in [0.1, 0.15) is 5.75 Å². The summed E-state index contributed by atoms with van der Waals surface area (Å²) in [5.41, 5.74) is 0.681. The van der Waals surface area contributed by atoms with Crippen molar-refractivity contribution in [2.45, 2.75) is 19.9 Å². The number of halogens is 1. The van der Waals surface area contributed by atoms with Crippen molar-refractivity contribution in [1.29, 1.82) is 0 Å². The topological polar surface area (TPSA) is 50.4 Å². The first kappa shape index (κ1) is 15.2. The molecule has 0 saturated carbocycles. The predicted molar refractivity (Wildman–Crippen MR) is 81.2 cm³/mol. The maximum Gasteiger partial charge on any atom is 0.252 e. The van der Waals surface area contributed by atoms with Gasteiger partial charge < -0.3 is 15.4 Å². The molecule has 2 N–H and O–H groups in total. The lowest BCUT2D eigenvalue weighted by Gasteiger charge is -2.14. The van der Waals surface area contributed by atoms with E-state index < -0.39 is 0 Å². The molecule has 5 heteroatoms. The second-order valence-electron chi connectivity index (χ2n) is 4.01. The molecule has 1 aromatic carbocycles. The van der Waals surface area contributed by atoms with Crippen LogP contribution in [0, 0.1) is 3.57 Å². The molecule has 1 amide bonds. The van der Waals surface area contributed by atoms with E-state index >= 15 is 0 Å². The number of carbonyl (C=O) groups excluding carboxylic acids is 1. The monoisotopic (exact) mass is 362 g/mol. The number of likely N-dealkylation sites (N-methyl/N-ethyl adjacent to an activating group) is 1. The smallest absolute Gasteiger partial charge is 0.252 e. The summed E-state index contributed by atoms with van der Waals surface area (Å²) in [7, 11) is 1.61. The summed E-state index contributed by atoms with van der Waals surface area (Å²) in [6.07, 6.45) is 0. The number of methoxy groups -OCH3 is 1. The van der Waals surface area contributed by atoms with E-state index in [0.717, 1.165) is 15.9 Å². The fourth-order valence-electron chi connectivity index (χ4n) is 1.57. The Kier molecular flexibility index (Phi) is 6.42. The number of amides is 1. The number of rotatable bonds is 6. The van der Waals surface area contributed by atoms with Crippen molar-refractivity contribution in [3.05, 3.63) is 27.3 Å². The first-order valence-electron chi connectivity index (χ1n) is 5.93. The van der Waals surface area contributed by atoms with Crippen LogP contribution in [0.2, 0.25) is 0 Å². The Bertz CT molecular complexity index is 410. The van der Waals surface area contributed by atoms with Crippen LogP contribution < -0.4 is 15.4 Å². The summed E-state index contributed by atoms with van der Waals surface area (Å²) < 4.78 is 6.00. The minimum Gasteiger partial charge on any atom is -0.497 e. The Hall–Kier alpha value is -0.820. The molecule has 0 aliphatic carbocycles. The zero-order valence-corrected chi connectivity index (χ0v) is 13.1. The molecule has 0 radical (unpaired) electrons. The highest BCUT2D eigenvalue weighted by Crippen LogP contribution is 2.19. The second kappa shape index (κ2) is 7.58. The maximum atomic E-state index is 12.0. The van der Waals surface area contributed by atoms with Crippen LogP contribution in [0.3, 0.4) is 0 Å². The predicted octanol–water partition coefficient (Wildman–Crippen LogP) is 2.03. The Morgan fingerprint density at radius 2 is 2.22 bits per heavy atom. The molecular weight excluding hydrogens is 343 g/mol. The Morgan fingerprint density at radius 3 is 2.78 bits per heavy atom. The van der Waals surface area contributed by atoms with Gasteiger partial charge in [0, 0.05) is 16.2 Å². The van der Waals surface area contributed by atoms with Crippen LogP contribution in [0.5, 0.6) is 5.75 Å². The molecule has 18 heavy (non-hydrogen) atoms. The molecule has 0 heterocycles. The average Bonchev–Trinajstić information content (AvgIpc) is 2.36. The van der Waals surface area contributed by atoms with Gasteiger partial charge in [-0.25, -0.2) is 0 Å². The second-order valence-corrected chi connectivity index (χ2v) is 5.18. The van der Waals surface area contributed by atoms with Gasteiger partial charge in [-0.15, -0.1) is 0 Å². The molecule has 1 rings (SSSR count). The normalized spacial score (nSPS) is 12.0. The van der Waals surface area contributed by atoms with Crippen LogP contribution >= 0.6 is 22.6 Å². The van der Waals surface area contributed by atoms with E-state index in [0.29, 0.717) is 12.1 Å². The van der Waals surface area contributed by atoms with Gasteiger partial charge in [0.2, 0.25) is 0 Å². The summed E-state index contributed by atoms with van der Waals surface area (Å²) in [4.78, 5) is 12.0.